The summed E-state index contributed by atoms with van der Waals surface area (Å²) in [6.45, 7) is -0.279. The number of ketones is 1. The highest BCUT2D eigenvalue weighted by atomic mass is 16.6. The molecule has 1 aromatic heterocycles. The number of amides is 1. The van der Waals surface area contributed by atoms with Crippen molar-refractivity contribution in [2.24, 2.45) is 7.05 Å². The zero-order chi connectivity index (χ0) is 17.0. The normalized spacial score (nSPS) is 10.2. The van der Waals surface area contributed by atoms with Crippen LogP contribution < -0.4 is 10.1 Å². The van der Waals surface area contributed by atoms with Crippen LogP contribution in [-0.2, 0) is 7.05 Å². The Labute approximate surface area is 131 Å². The molecule has 2 rings (SSSR count). The first-order chi connectivity index (χ1) is 10.9. The Hall–Kier alpha value is -3.16. The number of hydrogen-bond donors (Lipinski definition) is 1. The molecule has 8 heteroatoms. The topological polar surface area (TPSA) is 103 Å². The van der Waals surface area contributed by atoms with Crippen LogP contribution >= 0.6 is 0 Å². The molecule has 0 saturated carbocycles. The molecule has 0 aliphatic heterocycles. The number of rotatable bonds is 6. The number of Topliss-reactive ketones (excluding diaryl/α,β-unsaturated/α-hetero) is 1. The van der Waals surface area contributed by atoms with E-state index in [4.69, 9.17) is 4.74 Å². The van der Waals surface area contributed by atoms with E-state index in [0.717, 1.165) is 0 Å². The number of nitro benzene ring substituents is 1. The van der Waals surface area contributed by atoms with Gasteiger partial charge in [-0.2, -0.15) is 0 Å². The molecule has 1 amide bonds. The van der Waals surface area contributed by atoms with E-state index in [1.54, 1.807) is 11.6 Å². The second-order valence-corrected chi connectivity index (χ2v) is 4.77. The van der Waals surface area contributed by atoms with Crippen LogP contribution in [0, 0.1) is 10.1 Å². The van der Waals surface area contributed by atoms with Gasteiger partial charge in [0.05, 0.1) is 11.0 Å². The molecule has 1 aromatic carbocycles. The van der Waals surface area contributed by atoms with Gasteiger partial charge in [0, 0.05) is 31.9 Å². The highest BCUT2D eigenvalue weighted by Crippen LogP contribution is 2.19. The molecule has 0 bridgehead atoms. The van der Waals surface area contributed by atoms with Crippen LogP contribution in [0.1, 0.15) is 20.8 Å². The number of benzene rings is 1. The fourth-order valence-electron chi connectivity index (χ4n) is 1.99. The van der Waals surface area contributed by atoms with Crippen molar-refractivity contribution < 1.29 is 19.2 Å². The Balaban J connectivity index is 2.07. The monoisotopic (exact) mass is 317 g/mol. The van der Waals surface area contributed by atoms with Gasteiger partial charge < -0.3 is 14.6 Å². The van der Waals surface area contributed by atoms with Gasteiger partial charge in [-0.05, 0) is 12.1 Å². The minimum absolute atomic E-state index is 0.114. The van der Waals surface area contributed by atoms with Gasteiger partial charge in [0.1, 0.15) is 11.4 Å². The lowest BCUT2D eigenvalue weighted by molar-refractivity contribution is -0.384. The van der Waals surface area contributed by atoms with Crippen molar-refractivity contribution in [1.82, 2.24) is 9.88 Å². The first-order valence-electron chi connectivity index (χ1n) is 6.71. The summed E-state index contributed by atoms with van der Waals surface area (Å²) >= 11 is 0. The summed E-state index contributed by atoms with van der Waals surface area (Å²) in [6, 6.07) is 7.05. The second-order valence-electron chi connectivity index (χ2n) is 4.77. The van der Waals surface area contributed by atoms with Gasteiger partial charge in [0.2, 0.25) is 5.78 Å². The lowest BCUT2D eigenvalue weighted by Crippen LogP contribution is -2.20. The number of carbonyl (C=O) groups excluding carboxylic acids is 2. The minimum Gasteiger partial charge on any atom is -0.485 e. The summed E-state index contributed by atoms with van der Waals surface area (Å²) in [6.07, 6.45) is 1.53. The van der Waals surface area contributed by atoms with Crippen LogP contribution in [-0.4, -0.2) is 34.8 Å². The van der Waals surface area contributed by atoms with Crippen LogP contribution in [0.15, 0.2) is 36.5 Å². The zero-order valence-electron chi connectivity index (χ0n) is 12.6. The number of ether oxygens (including phenoxy) is 1. The van der Waals surface area contributed by atoms with E-state index in [2.05, 4.69) is 5.32 Å². The number of aromatic nitrogens is 1. The van der Waals surface area contributed by atoms with Gasteiger partial charge in [0.15, 0.2) is 6.61 Å². The predicted octanol–water partition coefficient (Wildman–Crippen LogP) is 1.55. The molecular weight excluding hydrogens is 302 g/mol. The average molecular weight is 317 g/mol. The number of carbonyl (C=O) groups is 2. The standard InChI is InChI=1S/C15H15N3O5/c1-16-15(20)13-6-10(8-17(13)2)14(19)9-23-12-5-3-4-11(7-12)18(21)22/h3-8H,9H2,1-2H3,(H,16,20). The van der Waals surface area contributed by atoms with E-state index >= 15 is 0 Å². The van der Waals surface area contributed by atoms with Crippen LogP contribution in [0.2, 0.25) is 0 Å². The van der Waals surface area contributed by atoms with Gasteiger partial charge in [-0.25, -0.2) is 0 Å². The average Bonchev–Trinajstić information content (AvgIpc) is 2.94. The van der Waals surface area contributed by atoms with Crippen molar-refractivity contribution in [3.05, 3.63) is 57.9 Å². The van der Waals surface area contributed by atoms with Crippen LogP contribution in [0.25, 0.3) is 0 Å². The molecule has 0 aliphatic carbocycles. The Morgan fingerprint density at radius 1 is 1.35 bits per heavy atom. The van der Waals surface area contributed by atoms with Gasteiger partial charge in [0.25, 0.3) is 11.6 Å². The van der Waals surface area contributed by atoms with E-state index < -0.39 is 4.92 Å². The number of nitrogens with one attached hydrogen (secondary N) is 1. The Kier molecular flexibility index (Phi) is 4.75. The van der Waals surface area contributed by atoms with Gasteiger partial charge in [-0.3, -0.25) is 19.7 Å². The third-order valence-corrected chi connectivity index (χ3v) is 3.18. The number of aryl methyl sites for hydroxylation is 1. The molecule has 0 radical (unpaired) electrons. The number of nitrogens with zero attached hydrogens (tertiary/aromatic N) is 2. The Morgan fingerprint density at radius 2 is 2.09 bits per heavy atom. The number of hydrogen-bond acceptors (Lipinski definition) is 5. The van der Waals surface area contributed by atoms with Crippen molar-refractivity contribution in [3.63, 3.8) is 0 Å². The van der Waals surface area contributed by atoms with Crippen LogP contribution in [0.5, 0.6) is 5.75 Å². The molecule has 1 N–H and O–H groups in total. The largest absolute Gasteiger partial charge is 0.485 e. The van der Waals surface area contributed by atoms with Crippen molar-refractivity contribution in [1.29, 1.82) is 0 Å². The summed E-state index contributed by atoms with van der Waals surface area (Å²) in [5.41, 5.74) is 0.569. The summed E-state index contributed by atoms with van der Waals surface area (Å²) < 4.78 is 6.83. The molecule has 0 atom stereocenters. The third kappa shape index (κ3) is 3.73. The molecular formula is C15H15N3O5. The molecule has 1 heterocycles. The molecule has 2 aromatic rings. The molecule has 120 valence electrons. The lowest BCUT2D eigenvalue weighted by Gasteiger charge is -2.04. The zero-order valence-corrected chi connectivity index (χ0v) is 12.6. The van der Waals surface area contributed by atoms with E-state index in [1.807, 2.05) is 0 Å². The highest BCUT2D eigenvalue weighted by molar-refractivity contribution is 6.01. The molecule has 8 nitrogen and oxygen atoms in total. The number of nitro groups is 1. The van der Waals surface area contributed by atoms with Crippen molar-refractivity contribution in [2.45, 2.75) is 0 Å². The summed E-state index contributed by atoms with van der Waals surface area (Å²) in [7, 11) is 3.16. The van der Waals surface area contributed by atoms with E-state index in [9.17, 15) is 19.7 Å². The van der Waals surface area contributed by atoms with E-state index in [0.29, 0.717) is 11.3 Å². The van der Waals surface area contributed by atoms with E-state index in [-0.39, 0.29) is 29.7 Å². The lowest BCUT2D eigenvalue weighted by atomic mass is 10.2. The van der Waals surface area contributed by atoms with Gasteiger partial charge in [-0.1, -0.05) is 6.07 Å². The predicted molar refractivity (Wildman–Crippen MR) is 81.7 cm³/mol. The third-order valence-electron chi connectivity index (χ3n) is 3.18. The van der Waals surface area contributed by atoms with Gasteiger partial charge in [-0.15, -0.1) is 0 Å². The fourth-order valence-corrected chi connectivity index (χ4v) is 1.99. The van der Waals surface area contributed by atoms with Crippen molar-refractivity contribution in [2.75, 3.05) is 13.7 Å². The molecule has 0 saturated heterocycles. The molecule has 23 heavy (non-hydrogen) atoms. The maximum Gasteiger partial charge on any atom is 0.273 e. The first-order valence-corrected chi connectivity index (χ1v) is 6.71. The Morgan fingerprint density at radius 3 is 2.74 bits per heavy atom. The molecule has 0 unspecified atom stereocenters. The van der Waals surface area contributed by atoms with Crippen molar-refractivity contribution in [3.8, 4) is 5.75 Å². The summed E-state index contributed by atoms with van der Waals surface area (Å²) in [5, 5.41) is 13.2. The summed E-state index contributed by atoms with van der Waals surface area (Å²) in [4.78, 5) is 33.9. The molecule has 0 aliphatic rings. The van der Waals surface area contributed by atoms with Crippen LogP contribution in [0.3, 0.4) is 0 Å². The van der Waals surface area contributed by atoms with E-state index in [1.165, 1.54) is 43.6 Å². The van der Waals surface area contributed by atoms with Crippen molar-refractivity contribution >= 4 is 17.4 Å². The molecule has 0 fully saturated rings. The highest BCUT2D eigenvalue weighted by Gasteiger charge is 2.15. The maximum atomic E-state index is 12.1. The Bertz CT molecular complexity index is 766. The maximum absolute atomic E-state index is 12.1. The van der Waals surface area contributed by atoms with Crippen LogP contribution in [0.4, 0.5) is 5.69 Å². The quantitative estimate of drug-likeness (QED) is 0.494. The fraction of sp³-hybridized carbons (Fsp3) is 0.200. The first kappa shape index (κ1) is 16.2. The summed E-state index contributed by atoms with van der Waals surface area (Å²) in [5.74, 6) is -0.400. The SMILES string of the molecule is CNC(=O)c1cc(C(=O)COc2cccc([N+](=O)[O-])c2)cn1C. The van der Waals surface area contributed by atoms with Gasteiger partial charge >= 0.3 is 0 Å². The molecule has 0 spiro atoms. The minimum atomic E-state index is -0.540. The smallest absolute Gasteiger partial charge is 0.273 e. The number of non-ortho nitro benzene ring substituents is 1. The second kappa shape index (κ2) is 6.73.